The lowest BCUT2D eigenvalue weighted by molar-refractivity contribution is 0.413. The Morgan fingerprint density at radius 3 is 2.42 bits per heavy atom. The van der Waals surface area contributed by atoms with Crippen molar-refractivity contribution in [3.8, 4) is 17.0 Å². The highest BCUT2D eigenvalue weighted by molar-refractivity contribution is 5.95. The summed E-state index contributed by atoms with van der Waals surface area (Å²) in [5, 5.41) is 2.23. The van der Waals surface area contributed by atoms with Crippen LogP contribution in [-0.2, 0) is 0 Å². The van der Waals surface area contributed by atoms with Gasteiger partial charge in [-0.25, -0.2) is 4.98 Å². The van der Waals surface area contributed by atoms with E-state index in [2.05, 4.69) is 39.0 Å². The summed E-state index contributed by atoms with van der Waals surface area (Å²) in [6.07, 6.45) is 0. The van der Waals surface area contributed by atoms with Crippen molar-refractivity contribution in [1.82, 2.24) is 9.97 Å². The van der Waals surface area contributed by atoms with E-state index < -0.39 is 0 Å². The van der Waals surface area contributed by atoms with Crippen molar-refractivity contribution in [1.29, 1.82) is 0 Å². The van der Waals surface area contributed by atoms with Gasteiger partial charge in [-0.15, -0.1) is 0 Å². The fourth-order valence-electron chi connectivity index (χ4n) is 4.23. The third kappa shape index (κ3) is 3.72. The van der Waals surface area contributed by atoms with E-state index >= 15 is 0 Å². The average Bonchev–Trinajstić information content (AvgIpc) is 2.83. The fourth-order valence-corrected chi connectivity index (χ4v) is 4.23. The van der Waals surface area contributed by atoms with Crippen molar-refractivity contribution >= 4 is 22.4 Å². The lowest BCUT2D eigenvalue weighted by Crippen LogP contribution is -2.47. The minimum absolute atomic E-state index is 0.139. The predicted molar refractivity (Wildman–Crippen MR) is 125 cm³/mol. The highest BCUT2D eigenvalue weighted by atomic mass is 16.5. The van der Waals surface area contributed by atoms with Gasteiger partial charge in [-0.05, 0) is 22.9 Å². The number of piperazine rings is 1. The van der Waals surface area contributed by atoms with Crippen LogP contribution in [0.1, 0.15) is 0 Å². The third-order valence-electron chi connectivity index (χ3n) is 5.80. The van der Waals surface area contributed by atoms with E-state index in [1.807, 2.05) is 42.5 Å². The summed E-state index contributed by atoms with van der Waals surface area (Å²) < 4.78 is 5.51. The molecule has 0 atom stereocenters. The molecule has 31 heavy (non-hydrogen) atoms. The Hall–Kier alpha value is -3.80. The van der Waals surface area contributed by atoms with Crippen LogP contribution in [0.4, 0.5) is 11.6 Å². The number of fused-ring (bicyclic) bond motifs is 1. The molecule has 1 aliphatic rings. The van der Waals surface area contributed by atoms with E-state index in [4.69, 9.17) is 9.72 Å². The maximum Gasteiger partial charge on any atom is 0.252 e. The lowest BCUT2D eigenvalue weighted by Gasteiger charge is -2.36. The maximum atomic E-state index is 12.5. The summed E-state index contributed by atoms with van der Waals surface area (Å²) in [5.74, 6) is 1.50. The molecule has 6 nitrogen and oxygen atoms in total. The van der Waals surface area contributed by atoms with Crippen molar-refractivity contribution in [3.05, 3.63) is 83.2 Å². The van der Waals surface area contributed by atoms with E-state index in [1.54, 1.807) is 13.2 Å². The molecule has 1 aliphatic heterocycles. The second kappa shape index (κ2) is 8.14. The van der Waals surface area contributed by atoms with Crippen LogP contribution >= 0.6 is 0 Å². The molecule has 1 saturated heterocycles. The van der Waals surface area contributed by atoms with Crippen LogP contribution in [0.25, 0.3) is 22.0 Å². The quantitative estimate of drug-likeness (QED) is 0.550. The van der Waals surface area contributed by atoms with Crippen molar-refractivity contribution in [2.45, 2.75) is 0 Å². The monoisotopic (exact) mass is 412 g/mol. The number of ether oxygens (including phenoxy) is 1. The smallest absolute Gasteiger partial charge is 0.252 e. The third-order valence-corrected chi connectivity index (χ3v) is 5.80. The zero-order valence-corrected chi connectivity index (χ0v) is 17.4. The molecule has 6 heteroatoms. The molecule has 0 aliphatic carbocycles. The van der Waals surface area contributed by atoms with Gasteiger partial charge >= 0.3 is 0 Å². The molecule has 3 aromatic carbocycles. The Balaban J connectivity index is 1.42. The van der Waals surface area contributed by atoms with Crippen molar-refractivity contribution in [2.75, 3.05) is 43.1 Å². The minimum atomic E-state index is -0.139. The number of para-hydroxylation sites is 2. The Morgan fingerprint density at radius 1 is 0.871 bits per heavy atom. The highest BCUT2D eigenvalue weighted by Gasteiger charge is 2.21. The molecule has 4 aromatic rings. The van der Waals surface area contributed by atoms with E-state index in [9.17, 15) is 4.79 Å². The van der Waals surface area contributed by atoms with Crippen LogP contribution in [0.2, 0.25) is 0 Å². The van der Waals surface area contributed by atoms with Crippen LogP contribution in [0.5, 0.6) is 5.75 Å². The Bertz CT molecular complexity index is 1270. The number of aromatic amines is 1. The van der Waals surface area contributed by atoms with Gasteiger partial charge in [-0.1, -0.05) is 54.6 Å². The second-order valence-electron chi connectivity index (χ2n) is 7.63. The van der Waals surface area contributed by atoms with Gasteiger partial charge in [0.05, 0.1) is 18.5 Å². The number of methoxy groups -OCH3 is 1. The normalized spacial score (nSPS) is 14.1. The van der Waals surface area contributed by atoms with Crippen LogP contribution in [0, 0.1) is 0 Å². The molecule has 1 fully saturated rings. The molecular formula is C25H24N4O2. The number of H-pyrrole nitrogens is 1. The van der Waals surface area contributed by atoms with Crippen LogP contribution in [0.3, 0.4) is 0 Å². The summed E-state index contributed by atoms with van der Waals surface area (Å²) in [4.78, 5) is 24.7. The second-order valence-corrected chi connectivity index (χ2v) is 7.63. The summed E-state index contributed by atoms with van der Waals surface area (Å²) >= 11 is 0. The van der Waals surface area contributed by atoms with E-state index in [0.717, 1.165) is 54.0 Å². The van der Waals surface area contributed by atoms with Crippen LogP contribution < -0.4 is 20.1 Å². The standard InChI is InChI=1S/C25H24N4O2/c1-31-23-12-5-4-11-22(23)28-13-15-29(16-14-28)25-26-21(17-24(30)27-25)20-10-6-8-18-7-2-3-9-19(18)20/h2-12,17H,13-16H2,1H3,(H,26,27,30). The van der Waals surface area contributed by atoms with Crippen molar-refractivity contribution < 1.29 is 4.74 Å². The van der Waals surface area contributed by atoms with E-state index in [1.165, 1.54) is 0 Å². The van der Waals surface area contributed by atoms with Gasteiger partial charge in [0, 0.05) is 37.8 Å². The molecule has 0 bridgehead atoms. The largest absolute Gasteiger partial charge is 0.495 e. The number of benzene rings is 3. The molecule has 0 amide bonds. The topological polar surface area (TPSA) is 61.5 Å². The Morgan fingerprint density at radius 2 is 1.58 bits per heavy atom. The number of hydrogen-bond acceptors (Lipinski definition) is 5. The van der Waals surface area contributed by atoms with Crippen molar-refractivity contribution in [2.24, 2.45) is 0 Å². The molecular weight excluding hydrogens is 388 g/mol. The molecule has 156 valence electrons. The Kier molecular flexibility index (Phi) is 5.04. The molecule has 5 rings (SSSR count). The lowest BCUT2D eigenvalue weighted by atomic mass is 10.0. The van der Waals surface area contributed by atoms with E-state index in [0.29, 0.717) is 11.6 Å². The molecule has 1 N–H and O–H groups in total. The maximum absolute atomic E-state index is 12.5. The van der Waals surface area contributed by atoms with Gasteiger partial charge in [0.1, 0.15) is 5.75 Å². The number of nitrogens with zero attached hydrogens (tertiary/aromatic N) is 3. The molecule has 2 heterocycles. The predicted octanol–water partition coefficient (Wildman–Crippen LogP) is 3.93. The number of rotatable bonds is 4. The first-order valence-corrected chi connectivity index (χ1v) is 10.5. The number of aromatic nitrogens is 2. The summed E-state index contributed by atoms with van der Waals surface area (Å²) in [5.41, 5.74) is 2.62. The first-order valence-electron chi connectivity index (χ1n) is 10.5. The molecule has 0 unspecified atom stereocenters. The Labute approximate surface area is 180 Å². The molecule has 0 spiro atoms. The van der Waals surface area contributed by atoms with Gasteiger partial charge in [-0.3, -0.25) is 9.78 Å². The first kappa shape index (κ1) is 19.2. The number of nitrogens with one attached hydrogen (secondary N) is 1. The summed E-state index contributed by atoms with van der Waals surface area (Å²) in [7, 11) is 1.70. The SMILES string of the molecule is COc1ccccc1N1CCN(c2nc(-c3cccc4ccccc34)cc(=O)[nH]2)CC1. The highest BCUT2D eigenvalue weighted by Crippen LogP contribution is 2.30. The van der Waals surface area contributed by atoms with E-state index in [-0.39, 0.29) is 5.56 Å². The van der Waals surface area contributed by atoms with Gasteiger partial charge < -0.3 is 14.5 Å². The van der Waals surface area contributed by atoms with Crippen molar-refractivity contribution in [3.63, 3.8) is 0 Å². The molecule has 0 radical (unpaired) electrons. The summed E-state index contributed by atoms with van der Waals surface area (Å²) in [6, 6.07) is 23.9. The fraction of sp³-hybridized carbons (Fsp3) is 0.200. The van der Waals surface area contributed by atoms with Gasteiger partial charge in [0.25, 0.3) is 5.56 Å². The average molecular weight is 412 g/mol. The molecule has 0 saturated carbocycles. The zero-order chi connectivity index (χ0) is 21.2. The number of hydrogen-bond donors (Lipinski definition) is 1. The zero-order valence-electron chi connectivity index (χ0n) is 17.4. The number of anilines is 2. The van der Waals surface area contributed by atoms with Gasteiger partial charge in [0.2, 0.25) is 5.95 Å². The first-order chi connectivity index (χ1) is 15.2. The van der Waals surface area contributed by atoms with Gasteiger partial charge in [0.15, 0.2) is 0 Å². The molecule has 1 aromatic heterocycles. The van der Waals surface area contributed by atoms with Gasteiger partial charge in [-0.2, -0.15) is 0 Å². The minimum Gasteiger partial charge on any atom is -0.495 e. The van der Waals surface area contributed by atoms with Crippen LogP contribution in [-0.4, -0.2) is 43.3 Å². The summed E-state index contributed by atoms with van der Waals surface area (Å²) in [6.45, 7) is 3.17. The van der Waals surface area contributed by atoms with Crippen LogP contribution in [0.15, 0.2) is 77.6 Å².